The third kappa shape index (κ3) is 4.34. The molecule has 2 aromatic rings. The maximum absolute atomic E-state index is 13.1. The van der Waals surface area contributed by atoms with E-state index in [1.807, 2.05) is 13.0 Å². The predicted octanol–water partition coefficient (Wildman–Crippen LogP) is 3.12. The number of likely N-dealkylation sites (tertiary alicyclic amines) is 1. The predicted molar refractivity (Wildman–Crippen MR) is 120 cm³/mol. The van der Waals surface area contributed by atoms with Crippen LogP contribution in [0, 0.1) is 6.92 Å². The van der Waals surface area contributed by atoms with Crippen molar-refractivity contribution in [2.75, 3.05) is 18.4 Å². The Hall–Kier alpha value is -3.30. The summed E-state index contributed by atoms with van der Waals surface area (Å²) in [5, 5.41) is 7.10. The van der Waals surface area contributed by atoms with Crippen LogP contribution in [0.25, 0.3) is 0 Å². The van der Waals surface area contributed by atoms with E-state index in [1.165, 1.54) is 12.1 Å². The fraction of sp³-hybridized carbons (Fsp3) is 0.435. The number of carbonyl (C=O) groups excluding carboxylic acids is 1. The number of nitrogens with one attached hydrogen (secondary N) is 1. The lowest BCUT2D eigenvalue weighted by Gasteiger charge is -2.36. The SMILES string of the molecule is Cc1nc2c(cc1/C(N)=N/N)CC[C@@]1(CCN(C(=O)[C@H](C)c3ccc(C(F)(F)F)cc3)C1)N2. The molecule has 33 heavy (non-hydrogen) atoms. The summed E-state index contributed by atoms with van der Waals surface area (Å²) < 4.78 is 38.5. The van der Waals surface area contributed by atoms with Crippen LogP contribution in [0.15, 0.2) is 35.4 Å². The molecule has 1 amide bonds. The zero-order valence-corrected chi connectivity index (χ0v) is 18.5. The minimum atomic E-state index is -4.40. The van der Waals surface area contributed by atoms with Gasteiger partial charge in [-0.15, -0.1) is 0 Å². The van der Waals surface area contributed by atoms with Crippen molar-refractivity contribution in [1.82, 2.24) is 9.88 Å². The molecule has 10 heteroatoms. The lowest BCUT2D eigenvalue weighted by atomic mass is 9.86. The highest BCUT2D eigenvalue weighted by molar-refractivity contribution is 5.98. The van der Waals surface area contributed by atoms with Gasteiger partial charge in [0.15, 0.2) is 5.84 Å². The number of amidine groups is 1. The van der Waals surface area contributed by atoms with Crippen LogP contribution in [0.1, 0.15) is 53.6 Å². The largest absolute Gasteiger partial charge is 0.416 e. The third-order valence-electron chi connectivity index (χ3n) is 6.74. The number of alkyl halides is 3. The standard InChI is InChI=1S/C23H27F3N6O/c1-13(15-3-5-17(6-4-15)23(24,25)26)21(33)32-10-9-22(12-32)8-7-16-11-18(19(27)31-28)14(2)29-20(16)30-22/h3-6,11,13H,7-10,12,28H2,1-2H3,(H2,27,31)(H,29,30)/t13-,22+/m1/s1. The molecule has 0 aliphatic carbocycles. The van der Waals surface area contributed by atoms with E-state index in [4.69, 9.17) is 11.6 Å². The van der Waals surface area contributed by atoms with Crippen LogP contribution >= 0.6 is 0 Å². The van der Waals surface area contributed by atoms with Crippen molar-refractivity contribution >= 4 is 17.6 Å². The van der Waals surface area contributed by atoms with Gasteiger partial charge in [-0.2, -0.15) is 18.3 Å². The second-order valence-electron chi connectivity index (χ2n) is 8.90. The van der Waals surface area contributed by atoms with Gasteiger partial charge >= 0.3 is 6.18 Å². The lowest BCUT2D eigenvalue weighted by molar-refractivity contribution is -0.137. The first-order chi connectivity index (χ1) is 15.5. The zero-order valence-electron chi connectivity index (χ0n) is 18.5. The number of fused-ring (bicyclic) bond motifs is 1. The van der Waals surface area contributed by atoms with E-state index >= 15 is 0 Å². The molecule has 1 saturated heterocycles. The summed E-state index contributed by atoms with van der Waals surface area (Å²) in [6, 6.07) is 6.76. The number of hydrogen-bond donors (Lipinski definition) is 3. The van der Waals surface area contributed by atoms with Crippen LogP contribution in [-0.4, -0.2) is 40.3 Å². The average Bonchev–Trinajstić information content (AvgIpc) is 3.19. The highest BCUT2D eigenvalue weighted by atomic mass is 19.4. The summed E-state index contributed by atoms with van der Waals surface area (Å²) in [5.41, 5.74) is 7.88. The first-order valence-electron chi connectivity index (χ1n) is 10.8. The minimum Gasteiger partial charge on any atom is -0.382 e. The molecule has 4 rings (SSSR count). The van der Waals surface area contributed by atoms with Crippen molar-refractivity contribution in [3.63, 3.8) is 0 Å². The number of nitrogens with two attached hydrogens (primary N) is 2. The van der Waals surface area contributed by atoms with Gasteiger partial charge < -0.3 is 21.8 Å². The molecule has 0 unspecified atom stereocenters. The summed E-state index contributed by atoms with van der Waals surface area (Å²) in [5.74, 6) is 5.70. The summed E-state index contributed by atoms with van der Waals surface area (Å²) in [6.07, 6.45) is -2.03. The number of pyridine rings is 1. The Labute approximate surface area is 190 Å². The Morgan fingerprint density at radius 3 is 2.61 bits per heavy atom. The summed E-state index contributed by atoms with van der Waals surface area (Å²) >= 11 is 0. The molecule has 0 bridgehead atoms. The molecule has 0 saturated carbocycles. The van der Waals surface area contributed by atoms with E-state index in [9.17, 15) is 18.0 Å². The number of hydrogen-bond acceptors (Lipinski definition) is 5. The number of aromatic nitrogens is 1. The van der Waals surface area contributed by atoms with Gasteiger partial charge in [0.2, 0.25) is 5.91 Å². The number of hydrazone groups is 1. The van der Waals surface area contributed by atoms with Gasteiger partial charge in [-0.1, -0.05) is 12.1 Å². The molecule has 7 nitrogen and oxygen atoms in total. The Kier molecular flexibility index (Phi) is 5.71. The molecule has 1 aromatic carbocycles. The van der Waals surface area contributed by atoms with Gasteiger partial charge in [0.25, 0.3) is 0 Å². The highest BCUT2D eigenvalue weighted by Crippen LogP contribution is 2.38. The van der Waals surface area contributed by atoms with Crippen molar-refractivity contribution in [1.29, 1.82) is 0 Å². The van der Waals surface area contributed by atoms with Crippen molar-refractivity contribution in [2.24, 2.45) is 16.7 Å². The molecule has 2 aliphatic heterocycles. The molecule has 0 radical (unpaired) electrons. The topological polar surface area (TPSA) is 110 Å². The molecular formula is C23H27F3N6O. The minimum absolute atomic E-state index is 0.0920. The summed E-state index contributed by atoms with van der Waals surface area (Å²) in [6.45, 7) is 4.67. The quantitative estimate of drug-likeness (QED) is 0.282. The lowest BCUT2D eigenvalue weighted by Crippen LogP contribution is -2.46. The molecule has 1 fully saturated rings. The Morgan fingerprint density at radius 1 is 1.27 bits per heavy atom. The number of carbonyl (C=O) groups is 1. The van der Waals surface area contributed by atoms with Crippen LogP contribution in [0.4, 0.5) is 19.0 Å². The van der Waals surface area contributed by atoms with E-state index in [1.54, 1.807) is 11.8 Å². The van der Waals surface area contributed by atoms with Crippen LogP contribution in [-0.2, 0) is 17.4 Å². The maximum atomic E-state index is 13.1. The van der Waals surface area contributed by atoms with Gasteiger partial charge in [-0.05, 0) is 62.4 Å². The van der Waals surface area contributed by atoms with Crippen molar-refractivity contribution in [2.45, 2.75) is 50.7 Å². The molecular weight excluding hydrogens is 433 g/mol. The molecule has 2 atom stereocenters. The van der Waals surface area contributed by atoms with E-state index in [-0.39, 0.29) is 17.3 Å². The number of rotatable bonds is 3. The van der Waals surface area contributed by atoms with E-state index in [2.05, 4.69) is 15.4 Å². The molecule has 5 N–H and O–H groups in total. The van der Waals surface area contributed by atoms with Crippen LogP contribution < -0.4 is 16.9 Å². The summed E-state index contributed by atoms with van der Waals surface area (Å²) in [4.78, 5) is 19.6. The third-order valence-corrected chi connectivity index (χ3v) is 6.74. The van der Waals surface area contributed by atoms with Crippen LogP contribution in [0.3, 0.4) is 0 Å². The maximum Gasteiger partial charge on any atom is 0.416 e. The number of halogens is 3. The molecule has 1 aromatic heterocycles. The zero-order chi connectivity index (χ0) is 24.0. The first kappa shape index (κ1) is 22.9. The van der Waals surface area contributed by atoms with E-state index < -0.39 is 17.7 Å². The van der Waals surface area contributed by atoms with Gasteiger partial charge in [0, 0.05) is 18.7 Å². The fourth-order valence-corrected chi connectivity index (χ4v) is 4.71. The highest BCUT2D eigenvalue weighted by Gasteiger charge is 2.43. The fourth-order valence-electron chi connectivity index (χ4n) is 4.71. The second kappa shape index (κ2) is 8.24. The van der Waals surface area contributed by atoms with Crippen LogP contribution in [0.2, 0.25) is 0 Å². The number of amides is 1. The molecule has 176 valence electrons. The number of aryl methyl sites for hydroxylation is 2. The normalized spacial score (nSPS) is 21.6. The van der Waals surface area contributed by atoms with E-state index in [0.29, 0.717) is 29.9 Å². The van der Waals surface area contributed by atoms with Gasteiger partial charge in [0.1, 0.15) is 5.82 Å². The van der Waals surface area contributed by atoms with E-state index in [0.717, 1.165) is 42.8 Å². The number of anilines is 1. The van der Waals surface area contributed by atoms with Crippen molar-refractivity contribution < 1.29 is 18.0 Å². The van der Waals surface area contributed by atoms with Gasteiger partial charge in [-0.25, -0.2) is 4.98 Å². The Balaban J connectivity index is 1.47. The van der Waals surface area contributed by atoms with Crippen LogP contribution in [0.5, 0.6) is 0 Å². The molecule has 2 aliphatic rings. The Morgan fingerprint density at radius 2 is 1.97 bits per heavy atom. The monoisotopic (exact) mass is 460 g/mol. The van der Waals surface area contributed by atoms with Crippen molar-refractivity contribution in [3.8, 4) is 0 Å². The van der Waals surface area contributed by atoms with Crippen molar-refractivity contribution in [3.05, 3.63) is 58.3 Å². The molecule has 1 spiro atoms. The average molecular weight is 461 g/mol. The Bertz CT molecular complexity index is 1100. The molecule has 3 heterocycles. The van der Waals surface area contributed by atoms with Gasteiger partial charge in [0.05, 0.1) is 22.7 Å². The number of nitrogens with zero attached hydrogens (tertiary/aromatic N) is 3. The smallest absolute Gasteiger partial charge is 0.382 e. The first-order valence-corrected chi connectivity index (χ1v) is 10.8. The number of benzene rings is 1. The van der Waals surface area contributed by atoms with Gasteiger partial charge in [-0.3, -0.25) is 4.79 Å². The second-order valence-corrected chi connectivity index (χ2v) is 8.90. The summed E-state index contributed by atoms with van der Waals surface area (Å²) in [7, 11) is 0.